The molecular weight excluding hydrogens is 274 g/mol. The van der Waals surface area contributed by atoms with Crippen LogP contribution in [0.2, 0.25) is 0 Å². The average Bonchev–Trinajstić information content (AvgIpc) is 2.41. The molecule has 0 radical (unpaired) electrons. The van der Waals surface area contributed by atoms with Crippen molar-refractivity contribution in [2.24, 2.45) is 5.73 Å². The maximum absolute atomic E-state index is 11.6. The fraction of sp³-hybridized carbons (Fsp3) is 0.909. The van der Waals surface area contributed by atoms with Gasteiger partial charge in [0.25, 0.3) is 5.79 Å². The Labute approximate surface area is 115 Å². The molecule has 1 heterocycles. The van der Waals surface area contributed by atoms with Gasteiger partial charge in [0.05, 0.1) is 25.4 Å². The molecule has 3 unspecified atom stereocenters. The van der Waals surface area contributed by atoms with Crippen molar-refractivity contribution in [2.75, 3.05) is 13.2 Å². The fourth-order valence-corrected chi connectivity index (χ4v) is 1.99. The molecule has 0 bridgehead atoms. The number of carbonyl (C=O) groups is 1. The lowest BCUT2D eigenvalue weighted by atomic mass is 9.89. The van der Waals surface area contributed by atoms with E-state index in [0.29, 0.717) is 0 Å². The highest BCUT2D eigenvalue weighted by Crippen LogP contribution is 2.30. The quantitative estimate of drug-likeness (QED) is 0.282. The van der Waals surface area contributed by atoms with Crippen molar-refractivity contribution >= 4 is 5.97 Å². The first-order chi connectivity index (χ1) is 9.26. The first-order valence-electron chi connectivity index (χ1n) is 6.25. The number of aliphatic hydroxyl groups is 5. The topological polar surface area (TPSA) is 163 Å². The highest BCUT2D eigenvalue weighted by atomic mass is 16.7. The molecule has 0 aromatic rings. The maximum Gasteiger partial charge on any atom is 0.366 e. The van der Waals surface area contributed by atoms with Gasteiger partial charge in [0, 0.05) is 6.42 Å². The van der Waals surface area contributed by atoms with Crippen LogP contribution in [0.1, 0.15) is 13.3 Å². The van der Waals surface area contributed by atoms with Gasteiger partial charge < -0.3 is 40.7 Å². The summed E-state index contributed by atoms with van der Waals surface area (Å²) in [5.74, 6) is -3.59. The second-order valence-corrected chi connectivity index (χ2v) is 4.68. The molecule has 0 aromatic carbocycles. The number of esters is 1. The number of carbonyl (C=O) groups excluding carboxylic acids is 1. The number of hydrogen-bond donors (Lipinski definition) is 6. The van der Waals surface area contributed by atoms with Gasteiger partial charge in [0.2, 0.25) is 0 Å². The van der Waals surface area contributed by atoms with Crippen molar-refractivity contribution in [3.63, 3.8) is 0 Å². The van der Waals surface area contributed by atoms with Crippen molar-refractivity contribution in [1.82, 2.24) is 0 Å². The van der Waals surface area contributed by atoms with Crippen LogP contribution in [0.4, 0.5) is 0 Å². The third-order valence-corrected chi connectivity index (χ3v) is 3.15. The molecule has 0 aromatic heterocycles. The smallest absolute Gasteiger partial charge is 0.366 e. The van der Waals surface area contributed by atoms with E-state index in [9.17, 15) is 25.2 Å². The van der Waals surface area contributed by atoms with Crippen LogP contribution in [0.25, 0.3) is 0 Å². The summed E-state index contributed by atoms with van der Waals surface area (Å²) in [7, 11) is 0. The number of nitrogens with two attached hydrogens (primary N) is 1. The number of ether oxygens (including phenoxy) is 2. The van der Waals surface area contributed by atoms with E-state index < -0.39 is 55.2 Å². The number of aliphatic hydroxyl groups excluding tert-OH is 4. The standard InChI is InChI=1S/C11H21NO8/c1-2-19-10(17)11(18)3-5(14)7(12)9(20-11)8(16)6(15)4-13/h5-9,13-16,18H,2-4,12H2,1H3/t5-,6?,7+,8?,9+,11?/m0/s1. The summed E-state index contributed by atoms with van der Waals surface area (Å²) in [6.45, 7) is 0.731. The summed E-state index contributed by atoms with van der Waals surface area (Å²) >= 11 is 0. The minimum Gasteiger partial charge on any atom is -0.462 e. The summed E-state index contributed by atoms with van der Waals surface area (Å²) in [6.07, 6.45) is -6.61. The Bertz CT molecular complexity index is 340. The highest BCUT2D eigenvalue weighted by molar-refractivity contribution is 5.77. The maximum atomic E-state index is 11.6. The van der Waals surface area contributed by atoms with Crippen molar-refractivity contribution in [1.29, 1.82) is 0 Å². The normalized spacial score (nSPS) is 37.2. The van der Waals surface area contributed by atoms with Crippen LogP contribution in [-0.4, -0.2) is 81.0 Å². The highest BCUT2D eigenvalue weighted by Gasteiger charge is 2.53. The lowest BCUT2D eigenvalue weighted by Gasteiger charge is -2.43. The molecule has 0 aliphatic carbocycles. The van der Waals surface area contributed by atoms with Crippen LogP contribution >= 0.6 is 0 Å². The lowest BCUT2D eigenvalue weighted by Crippen LogP contribution is -2.65. The second kappa shape index (κ2) is 6.76. The Morgan fingerprint density at radius 2 is 2.15 bits per heavy atom. The Kier molecular flexibility index (Phi) is 5.83. The van der Waals surface area contributed by atoms with E-state index in [1.165, 1.54) is 6.92 Å². The number of hydrogen-bond acceptors (Lipinski definition) is 9. The molecule has 6 atom stereocenters. The van der Waals surface area contributed by atoms with E-state index in [1.54, 1.807) is 0 Å². The summed E-state index contributed by atoms with van der Waals surface area (Å²) in [5.41, 5.74) is 5.62. The monoisotopic (exact) mass is 295 g/mol. The fourth-order valence-electron chi connectivity index (χ4n) is 1.99. The Balaban J connectivity index is 2.92. The molecule has 1 aliphatic rings. The van der Waals surface area contributed by atoms with Crippen molar-refractivity contribution in [3.8, 4) is 0 Å². The van der Waals surface area contributed by atoms with E-state index in [-0.39, 0.29) is 6.61 Å². The zero-order valence-corrected chi connectivity index (χ0v) is 11.0. The molecule has 20 heavy (non-hydrogen) atoms. The van der Waals surface area contributed by atoms with Crippen LogP contribution < -0.4 is 5.73 Å². The van der Waals surface area contributed by atoms with E-state index in [2.05, 4.69) is 4.74 Å². The predicted octanol–water partition coefficient (Wildman–Crippen LogP) is -3.57. The summed E-state index contributed by atoms with van der Waals surface area (Å²) < 4.78 is 9.65. The average molecular weight is 295 g/mol. The van der Waals surface area contributed by atoms with Crippen LogP contribution in [-0.2, 0) is 14.3 Å². The Hall–Kier alpha value is -0.810. The SMILES string of the molecule is CCOC(=O)C1(O)C[C@H](O)[C@@H](N)[C@H](C(O)C(O)CO)O1. The molecule has 0 amide bonds. The molecule has 1 fully saturated rings. The zero-order valence-electron chi connectivity index (χ0n) is 11.0. The third-order valence-electron chi connectivity index (χ3n) is 3.15. The Morgan fingerprint density at radius 1 is 1.55 bits per heavy atom. The summed E-state index contributed by atoms with van der Waals surface area (Å²) in [4.78, 5) is 11.6. The van der Waals surface area contributed by atoms with Gasteiger partial charge in [0.1, 0.15) is 18.3 Å². The molecule has 0 spiro atoms. The van der Waals surface area contributed by atoms with Crippen molar-refractivity contribution in [2.45, 2.75) is 49.6 Å². The van der Waals surface area contributed by atoms with Gasteiger partial charge in [-0.2, -0.15) is 0 Å². The van der Waals surface area contributed by atoms with Gasteiger partial charge in [-0.15, -0.1) is 0 Å². The molecular formula is C11H21NO8. The van der Waals surface area contributed by atoms with E-state index in [1.807, 2.05) is 0 Å². The summed E-state index contributed by atoms with van der Waals surface area (Å²) in [5, 5.41) is 47.8. The molecule has 0 saturated carbocycles. The van der Waals surface area contributed by atoms with Crippen molar-refractivity contribution in [3.05, 3.63) is 0 Å². The third kappa shape index (κ3) is 3.44. The van der Waals surface area contributed by atoms with Crippen LogP contribution in [0.3, 0.4) is 0 Å². The van der Waals surface area contributed by atoms with Crippen LogP contribution in [0.5, 0.6) is 0 Å². The number of rotatable bonds is 5. The van der Waals surface area contributed by atoms with E-state index in [4.69, 9.17) is 15.6 Å². The van der Waals surface area contributed by atoms with Gasteiger partial charge in [-0.25, -0.2) is 4.79 Å². The predicted molar refractivity (Wildman–Crippen MR) is 64.2 cm³/mol. The zero-order chi connectivity index (χ0) is 15.5. The van der Waals surface area contributed by atoms with Gasteiger partial charge in [-0.3, -0.25) is 0 Å². The first-order valence-corrected chi connectivity index (χ1v) is 6.25. The van der Waals surface area contributed by atoms with Crippen LogP contribution in [0, 0.1) is 0 Å². The summed E-state index contributed by atoms with van der Waals surface area (Å²) in [6, 6.07) is -1.15. The molecule has 1 saturated heterocycles. The molecule has 9 nitrogen and oxygen atoms in total. The van der Waals surface area contributed by atoms with Gasteiger partial charge in [0.15, 0.2) is 0 Å². The second-order valence-electron chi connectivity index (χ2n) is 4.68. The van der Waals surface area contributed by atoms with Gasteiger partial charge >= 0.3 is 5.97 Å². The van der Waals surface area contributed by atoms with Gasteiger partial charge in [-0.1, -0.05) is 0 Å². The van der Waals surface area contributed by atoms with Crippen LogP contribution in [0.15, 0.2) is 0 Å². The molecule has 1 rings (SSSR count). The Morgan fingerprint density at radius 3 is 2.65 bits per heavy atom. The lowest BCUT2D eigenvalue weighted by molar-refractivity contribution is -0.294. The molecule has 1 aliphatic heterocycles. The molecule has 9 heteroatoms. The molecule has 7 N–H and O–H groups in total. The first kappa shape index (κ1) is 17.2. The van der Waals surface area contributed by atoms with E-state index >= 15 is 0 Å². The minimum absolute atomic E-state index is 0.0147. The molecule has 118 valence electrons. The van der Waals surface area contributed by atoms with Gasteiger partial charge in [-0.05, 0) is 6.92 Å². The minimum atomic E-state index is -2.47. The van der Waals surface area contributed by atoms with Crippen molar-refractivity contribution < 1.29 is 39.8 Å². The van der Waals surface area contributed by atoms with E-state index in [0.717, 1.165) is 0 Å². The largest absolute Gasteiger partial charge is 0.462 e.